The van der Waals surface area contributed by atoms with E-state index >= 15 is 0 Å². The van der Waals surface area contributed by atoms with Crippen molar-refractivity contribution in [2.24, 2.45) is 5.92 Å². The number of alkyl carbamates (subject to hydrolysis) is 1. The minimum absolute atomic E-state index is 0.0872. The summed E-state index contributed by atoms with van der Waals surface area (Å²) in [6.07, 6.45) is -0.423. The molecule has 238 valence electrons. The minimum atomic E-state index is -1.93. The van der Waals surface area contributed by atoms with E-state index in [4.69, 9.17) is 9.47 Å². The van der Waals surface area contributed by atoms with Crippen molar-refractivity contribution in [1.29, 1.82) is 0 Å². The molecule has 0 spiro atoms. The van der Waals surface area contributed by atoms with Gasteiger partial charge < -0.3 is 20.1 Å². The zero-order chi connectivity index (χ0) is 32.5. The minimum Gasteiger partial charge on any atom is -0.458 e. The Bertz CT molecular complexity index is 1180. The molecule has 0 aliphatic carbocycles. The van der Waals surface area contributed by atoms with Crippen molar-refractivity contribution in [3.63, 3.8) is 0 Å². The van der Waals surface area contributed by atoms with Gasteiger partial charge >= 0.3 is 12.1 Å². The first kappa shape index (κ1) is 36.1. The largest absolute Gasteiger partial charge is 0.458 e. The smallest absolute Gasteiger partial charge is 0.408 e. The van der Waals surface area contributed by atoms with E-state index in [0.29, 0.717) is 16.6 Å². The number of hydrogen-bond donors (Lipinski definition) is 2. The highest BCUT2D eigenvalue weighted by Crippen LogP contribution is 2.41. The Morgan fingerprint density at radius 2 is 1.33 bits per heavy atom. The monoisotopic (exact) mass is 610 g/mol. The molecule has 8 heteroatoms. The van der Waals surface area contributed by atoms with E-state index in [1.807, 2.05) is 50.2 Å². The van der Waals surface area contributed by atoms with Crippen LogP contribution in [0.5, 0.6) is 0 Å². The SMILES string of the molecule is CC(C)C(NC(=O)OCc1ccccc1)C(=O)NC(Cc1cccc([Si](C(C)C)(C(C)C)C(C)C)c1)C(=O)OC(C)(C)C. The summed E-state index contributed by atoms with van der Waals surface area (Å²) in [5, 5.41) is 6.96. The lowest BCUT2D eigenvalue weighted by atomic mass is 10.0. The zero-order valence-electron chi connectivity index (χ0n) is 28.1. The Morgan fingerprint density at radius 3 is 1.84 bits per heavy atom. The first-order chi connectivity index (χ1) is 20.0. The predicted molar refractivity (Wildman–Crippen MR) is 177 cm³/mol. The summed E-state index contributed by atoms with van der Waals surface area (Å²) >= 11 is 0. The molecular weight excluding hydrogens is 556 g/mol. The van der Waals surface area contributed by atoms with Gasteiger partial charge in [-0.1, -0.05) is 115 Å². The number of nitrogens with one attached hydrogen (secondary N) is 2. The standard InChI is InChI=1S/C35H54N2O5Si/c1-23(2)31(37-34(40)41-22-27-16-13-12-14-17-27)32(38)36-30(33(39)42-35(9,10)11)21-28-18-15-19-29(20-28)43(24(3)4,25(5)6)26(7)8/h12-20,23-26,30-31H,21-22H2,1-11H3,(H,36,38)(H,37,40). The van der Waals surface area contributed by atoms with E-state index in [9.17, 15) is 14.4 Å². The summed E-state index contributed by atoms with van der Waals surface area (Å²) in [7, 11) is -1.93. The summed E-state index contributed by atoms with van der Waals surface area (Å²) in [6, 6.07) is 16.0. The Hall–Kier alpha value is -3.13. The van der Waals surface area contributed by atoms with Crippen LogP contribution in [0.25, 0.3) is 0 Å². The molecular formula is C35H54N2O5Si. The van der Waals surface area contributed by atoms with Gasteiger partial charge in [-0.25, -0.2) is 9.59 Å². The van der Waals surface area contributed by atoms with Gasteiger partial charge in [-0.3, -0.25) is 4.79 Å². The lowest BCUT2D eigenvalue weighted by Gasteiger charge is -2.44. The maximum absolute atomic E-state index is 13.6. The summed E-state index contributed by atoms with van der Waals surface area (Å²) in [5.41, 5.74) is 2.67. The molecule has 2 aromatic carbocycles. The fourth-order valence-electron chi connectivity index (χ4n) is 6.46. The second kappa shape index (κ2) is 15.5. The van der Waals surface area contributed by atoms with Crippen molar-refractivity contribution < 1.29 is 23.9 Å². The molecule has 2 aromatic rings. The second-order valence-corrected chi connectivity index (χ2v) is 19.7. The van der Waals surface area contributed by atoms with Gasteiger partial charge in [0, 0.05) is 6.42 Å². The van der Waals surface area contributed by atoms with Crippen LogP contribution in [0.1, 0.15) is 87.3 Å². The Morgan fingerprint density at radius 1 is 0.767 bits per heavy atom. The van der Waals surface area contributed by atoms with Crippen LogP contribution in [0.4, 0.5) is 4.79 Å². The average molecular weight is 611 g/mol. The van der Waals surface area contributed by atoms with Gasteiger partial charge in [0.2, 0.25) is 5.91 Å². The van der Waals surface area contributed by atoms with Crippen LogP contribution < -0.4 is 15.8 Å². The molecule has 2 amide bonds. The third kappa shape index (κ3) is 9.95. The number of esters is 1. The van der Waals surface area contributed by atoms with E-state index in [1.165, 1.54) is 5.19 Å². The number of carbonyl (C=O) groups is 3. The molecule has 0 fully saturated rings. The Kier molecular flexibility index (Phi) is 13.0. The van der Waals surface area contributed by atoms with E-state index in [2.05, 4.69) is 70.4 Å². The molecule has 0 aliphatic heterocycles. The van der Waals surface area contributed by atoms with Gasteiger partial charge in [0.15, 0.2) is 0 Å². The average Bonchev–Trinajstić information content (AvgIpc) is 2.89. The van der Waals surface area contributed by atoms with Crippen LogP contribution in [0, 0.1) is 5.92 Å². The molecule has 0 radical (unpaired) electrons. The second-order valence-electron chi connectivity index (χ2n) is 13.8. The Labute approximate surface area is 260 Å². The van der Waals surface area contributed by atoms with Crippen molar-refractivity contribution in [2.75, 3.05) is 0 Å². The first-order valence-corrected chi connectivity index (χ1v) is 17.8. The highest BCUT2D eigenvalue weighted by molar-refractivity contribution is 6.95. The van der Waals surface area contributed by atoms with E-state index in [0.717, 1.165) is 11.1 Å². The topological polar surface area (TPSA) is 93.7 Å². The lowest BCUT2D eigenvalue weighted by Crippen LogP contribution is -2.56. The lowest BCUT2D eigenvalue weighted by molar-refractivity contribution is -0.158. The van der Waals surface area contributed by atoms with Gasteiger partial charge in [-0.2, -0.15) is 0 Å². The van der Waals surface area contributed by atoms with Crippen LogP contribution >= 0.6 is 0 Å². The number of ether oxygens (including phenoxy) is 2. The van der Waals surface area contributed by atoms with Crippen molar-refractivity contribution in [3.05, 3.63) is 65.7 Å². The van der Waals surface area contributed by atoms with E-state index in [-0.39, 0.29) is 18.9 Å². The number of carbonyl (C=O) groups excluding carboxylic acids is 3. The normalized spacial score (nSPS) is 13.7. The first-order valence-electron chi connectivity index (χ1n) is 15.6. The molecule has 0 saturated heterocycles. The maximum Gasteiger partial charge on any atom is 0.408 e. The molecule has 0 heterocycles. The van der Waals surface area contributed by atoms with E-state index in [1.54, 1.807) is 20.8 Å². The summed E-state index contributed by atoms with van der Waals surface area (Å²) in [6.45, 7) is 23.1. The van der Waals surface area contributed by atoms with Crippen LogP contribution in [0.15, 0.2) is 54.6 Å². The third-order valence-corrected chi connectivity index (χ3v) is 15.2. The number of rotatable bonds is 13. The quantitative estimate of drug-likeness (QED) is 0.190. The Balaban J connectivity index is 2.33. The van der Waals surface area contributed by atoms with E-state index < -0.39 is 43.7 Å². The molecule has 0 saturated carbocycles. The molecule has 2 N–H and O–H groups in total. The van der Waals surface area contributed by atoms with Crippen molar-refractivity contribution in [3.8, 4) is 0 Å². The predicted octanol–water partition coefficient (Wildman–Crippen LogP) is 6.89. The summed E-state index contributed by atoms with van der Waals surface area (Å²) in [4.78, 5) is 39.6. The highest BCUT2D eigenvalue weighted by Gasteiger charge is 2.44. The molecule has 0 aromatic heterocycles. The molecule has 43 heavy (non-hydrogen) atoms. The van der Waals surface area contributed by atoms with Gasteiger partial charge in [0.05, 0.1) is 8.07 Å². The number of amides is 2. The van der Waals surface area contributed by atoms with Gasteiger partial charge in [0.25, 0.3) is 0 Å². The van der Waals surface area contributed by atoms with Crippen LogP contribution in [0.2, 0.25) is 16.6 Å². The van der Waals surface area contributed by atoms with Crippen molar-refractivity contribution in [1.82, 2.24) is 10.6 Å². The molecule has 2 atom stereocenters. The molecule has 0 aliphatic rings. The molecule has 7 nitrogen and oxygen atoms in total. The zero-order valence-corrected chi connectivity index (χ0v) is 29.1. The fraction of sp³-hybridized carbons (Fsp3) is 0.571. The number of benzene rings is 2. The van der Waals surface area contributed by atoms with Crippen LogP contribution in [-0.2, 0) is 32.1 Å². The molecule has 2 unspecified atom stereocenters. The van der Waals surface area contributed by atoms with Crippen LogP contribution in [-0.4, -0.2) is 43.7 Å². The van der Waals surface area contributed by atoms with Crippen LogP contribution in [0.3, 0.4) is 0 Å². The molecule has 2 rings (SSSR count). The van der Waals surface area contributed by atoms with Crippen molar-refractivity contribution >= 4 is 31.2 Å². The fourth-order valence-corrected chi connectivity index (χ4v) is 13.3. The highest BCUT2D eigenvalue weighted by atomic mass is 28.3. The summed E-state index contributed by atoms with van der Waals surface area (Å²) < 4.78 is 11.1. The van der Waals surface area contributed by atoms with Gasteiger partial charge in [-0.05, 0) is 54.4 Å². The maximum atomic E-state index is 13.6. The van der Waals surface area contributed by atoms with Crippen molar-refractivity contribution in [2.45, 2.75) is 123 Å². The molecule has 0 bridgehead atoms. The third-order valence-electron chi connectivity index (χ3n) is 8.18. The van der Waals surface area contributed by atoms with Gasteiger partial charge in [0.1, 0.15) is 24.3 Å². The van der Waals surface area contributed by atoms with Gasteiger partial charge in [-0.15, -0.1) is 0 Å². The number of hydrogen-bond acceptors (Lipinski definition) is 5. The summed E-state index contributed by atoms with van der Waals surface area (Å²) in [5.74, 6) is -1.23.